The smallest absolute Gasteiger partial charge is 0.381 e. The molecule has 1 unspecified atom stereocenters. The SMILES string of the molecule is CNC1CC=C(OS(=O)(=O)C(F)(F)F)C1. The monoisotopic (exact) mass is 245 g/mol. The normalized spacial score (nSPS) is 22.7. The Balaban J connectivity index is 2.65. The summed E-state index contributed by atoms with van der Waals surface area (Å²) in [5, 5.41) is 2.81. The van der Waals surface area contributed by atoms with Crippen molar-refractivity contribution in [2.75, 3.05) is 7.05 Å². The van der Waals surface area contributed by atoms with E-state index in [9.17, 15) is 21.6 Å². The van der Waals surface area contributed by atoms with Gasteiger partial charge < -0.3 is 9.50 Å². The molecule has 1 N–H and O–H groups in total. The van der Waals surface area contributed by atoms with Crippen LogP contribution in [0.3, 0.4) is 0 Å². The molecule has 0 aromatic heterocycles. The van der Waals surface area contributed by atoms with E-state index in [-0.39, 0.29) is 18.2 Å². The highest BCUT2D eigenvalue weighted by molar-refractivity contribution is 7.87. The average molecular weight is 245 g/mol. The molecule has 4 nitrogen and oxygen atoms in total. The predicted molar refractivity (Wildman–Crippen MR) is 46.2 cm³/mol. The van der Waals surface area contributed by atoms with Gasteiger partial charge in [-0.15, -0.1) is 0 Å². The highest BCUT2D eigenvalue weighted by atomic mass is 32.2. The second-order valence-corrected chi connectivity index (χ2v) is 4.62. The van der Waals surface area contributed by atoms with E-state index in [4.69, 9.17) is 0 Å². The maximum Gasteiger partial charge on any atom is 0.534 e. The van der Waals surface area contributed by atoms with Crippen LogP contribution in [0.2, 0.25) is 0 Å². The minimum atomic E-state index is -5.51. The third-order valence-electron chi connectivity index (χ3n) is 1.99. The second-order valence-electron chi connectivity index (χ2n) is 3.08. The zero-order chi connectivity index (χ0) is 11.7. The Morgan fingerprint density at radius 1 is 1.53 bits per heavy atom. The molecular weight excluding hydrogens is 235 g/mol. The van der Waals surface area contributed by atoms with Gasteiger partial charge >= 0.3 is 15.6 Å². The summed E-state index contributed by atoms with van der Waals surface area (Å²) in [5.41, 5.74) is -5.37. The fourth-order valence-corrected chi connectivity index (χ4v) is 1.67. The zero-order valence-electron chi connectivity index (χ0n) is 7.84. The Kier molecular flexibility index (Phi) is 3.29. The molecule has 0 aliphatic heterocycles. The maximum atomic E-state index is 11.9. The van der Waals surface area contributed by atoms with Gasteiger partial charge in [0.25, 0.3) is 0 Å². The van der Waals surface area contributed by atoms with Crippen LogP contribution in [0.15, 0.2) is 11.8 Å². The fraction of sp³-hybridized carbons (Fsp3) is 0.714. The van der Waals surface area contributed by atoms with Gasteiger partial charge in [-0.1, -0.05) is 0 Å². The first-order valence-corrected chi connectivity index (χ1v) is 5.54. The lowest BCUT2D eigenvalue weighted by Crippen LogP contribution is -2.26. The first kappa shape index (κ1) is 12.3. The van der Waals surface area contributed by atoms with E-state index in [1.807, 2.05) is 0 Å². The third kappa shape index (κ3) is 2.85. The molecule has 1 aliphatic rings. The van der Waals surface area contributed by atoms with Crippen molar-refractivity contribution >= 4 is 10.1 Å². The molecule has 0 heterocycles. The number of nitrogens with one attached hydrogen (secondary N) is 1. The van der Waals surface area contributed by atoms with Gasteiger partial charge in [-0.3, -0.25) is 0 Å². The summed E-state index contributed by atoms with van der Waals surface area (Å²) < 4.78 is 60.9. The van der Waals surface area contributed by atoms with Gasteiger partial charge in [0.2, 0.25) is 0 Å². The van der Waals surface area contributed by atoms with Crippen molar-refractivity contribution in [2.45, 2.75) is 24.4 Å². The molecule has 0 saturated heterocycles. The lowest BCUT2D eigenvalue weighted by Gasteiger charge is -2.11. The largest absolute Gasteiger partial charge is 0.534 e. The maximum absolute atomic E-state index is 11.9. The molecule has 15 heavy (non-hydrogen) atoms. The molecule has 1 rings (SSSR count). The van der Waals surface area contributed by atoms with E-state index in [2.05, 4.69) is 9.50 Å². The van der Waals surface area contributed by atoms with Crippen molar-refractivity contribution in [2.24, 2.45) is 0 Å². The summed E-state index contributed by atoms with van der Waals surface area (Å²) in [4.78, 5) is 0. The van der Waals surface area contributed by atoms with Gasteiger partial charge in [-0.25, -0.2) is 0 Å². The lowest BCUT2D eigenvalue weighted by atomic mass is 10.2. The van der Waals surface area contributed by atoms with Crippen LogP contribution in [-0.2, 0) is 14.3 Å². The van der Waals surface area contributed by atoms with E-state index < -0.39 is 15.6 Å². The molecular formula is C7H10F3NO3S. The summed E-state index contributed by atoms with van der Waals surface area (Å²) in [6, 6.07) is -0.0663. The number of hydrogen-bond acceptors (Lipinski definition) is 4. The average Bonchev–Trinajstić information content (AvgIpc) is 2.49. The molecule has 0 amide bonds. The minimum absolute atomic E-state index is 0.0663. The van der Waals surface area contributed by atoms with Crippen LogP contribution < -0.4 is 5.32 Å². The Morgan fingerprint density at radius 3 is 2.53 bits per heavy atom. The van der Waals surface area contributed by atoms with Gasteiger partial charge in [0.15, 0.2) is 0 Å². The molecule has 0 radical (unpaired) electrons. The second kappa shape index (κ2) is 4.01. The van der Waals surface area contributed by atoms with Gasteiger partial charge in [0.05, 0.1) is 0 Å². The van der Waals surface area contributed by atoms with Crippen LogP contribution in [0.1, 0.15) is 12.8 Å². The van der Waals surface area contributed by atoms with E-state index in [0.29, 0.717) is 6.42 Å². The first-order chi connectivity index (χ1) is 6.76. The fourth-order valence-electron chi connectivity index (χ4n) is 1.16. The van der Waals surface area contributed by atoms with E-state index in [0.717, 1.165) is 0 Å². The Labute approximate surface area is 85.2 Å². The number of alkyl halides is 3. The first-order valence-electron chi connectivity index (χ1n) is 4.13. The summed E-state index contributed by atoms with van der Waals surface area (Å²) in [6.07, 6.45) is 1.94. The highest BCUT2D eigenvalue weighted by Crippen LogP contribution is 2.29. The molecule has 0 fully saturated rings. The van der Waals surface area contributed by atoms with Gasteiger partial charge in [0, 0.05) is 12.5 Å². The minimum Gasteiger partial charge on any atom is -0.381 e. The van der Waals surface area contributed by atoms with Crippen LogP contribution in [0, 0.1) is 0 Å². The molecule has 8 heteroatoms. The van der Waals surface area contributed by atoms with E-state index in [1.165, 1.54) is 6.08 Å². The number of rotatable bonds is 3. The number of hydrogen-bond donors (Lipinski definition) is 1. The van der Waals surface area contributed by atoms with Crippen LogP contribution in [0.25, 0.3) is 0 Å². The molecule has 0 aromatic rings. The Morgan fingerprint density at radius 2 is 2.13 bits per heavy atom. The highest BCUT2D eigenvalue weighted by Gasteiger charge is 2.49. The van der Waals surface area contributed by atoms with Crippen LogP contribution in [-0.4, -0.2) is 27.0 Å². The van der Waals surface area contributed by atoms with Gasteiger partial charge in [-0.05, 0) is 19.5 Å². The molecule has 1 atom stereocenters. The predicted octanol–water partition coefficient (Wildman–Crippen LogP) is 1.12. The topological polar surface area (TPSA) is 55.4 Å². The Bertz CT molecular complexity index is 360. The molecule has 0 spiro atoms. The summed E-state index contributed by atoms with van der Waals surface area (Å²) in [6.45, 7) is 0. The molecule has 0 saturated carbocycles. The van der Waals surface area contributed by atoms with Crippen LogP contribution >= 0.6 is 0 Å². The van der Waals surface area contributed by atoms with E-state index >= 15 is 0 Å². The van der Waals surface area contributed by atoms with Crippen molar-refractivity contribution in [1.82, 2.24) is 5.32 Å². The van der Waals surface area contributed by atoms with Crippen molar-refractivity contribution in [1.29, 1.82) is 0 Å². The van der Waals surface area contributed by atoms with Crippen LogP contribution in [0.5, 0.6) is 0 Å². The van der Waals surface area contributed by atoms with Crippen molar-refractivity contribution in [3.8, 4) is 0 Å². The van der Waals surface area contributed by atoms with Crippen molar-refractivity contribution in [3.63, 3.8) is 0 Å². The van der Waals surface area contributed by atoms with Gasteiger partial charge in [0.1, 0.15) is 5.76 Å². The molecule has 88 valence electrons. The Hall–Kier alpha value is -0.760. The summed E-state index contributed by atoms with van der Waals surface area (Å²) in [5.74, 6) is -0.160. The molecule has 0 bridgehead atoms. The quantitative estimate of drug-likeness (QED) is 0.598. The lowest BCUT2D eigenvalue weighted by molar-refractivity contribution is -0.0523. The van der Waals surface area contributed by atoms with Gasteiger partial charge in [-0.2, -0.15) is 21.6 Å². The van der Waals surface area contributed by atoms with Crippen molar-refractivity contribution in [3.05, 3.63) is 11.8 Å². The molecule has 1 aliphatic carbocycles. The summed E-state index contributed by atoms with van der Waals surface area (Å²) >= 11 is 0. The zero-order valence-corrected chi connectivity index (χ0v) is 8.65. The standard InChI is InChI=1S/C7H10F3NO3S/c1-11-5-2-3-6(4-5)14-15(12,13)7(8,9)10/h3,5,11H,2,4H2,1H3. The van der Waals surface area contributed by atoms with Crippen LogP contribution in [0.4, 0.5) is 13.2 Å². The summed E-state index contributed by atoms with van der Waals surface area (Å²) in [7, 11) is -3.87. The number of halogens is 3. The van der Waals surface area contributed by atoms with Crippen molar-refractivity contribution < 1.29 is 25.8 Å². The van der Waals surface area contributed by atoms with E-state index in [1.54, 1.807) is 7.05 Å². The molecule has 0 aromatic carbocycles. The third-order valence-corrected chi connectivity index (χ3v) is 2.99.